The molecule has 1 fully saturated rings. The predicted octanol–water partition coefficient (Wildman–Crippen LogP) is 8.76. The lowest BCUT2D eigenvalue weighted by molar-refractivity contribution is -0.274. The zero-order chi connectivity index (χ0) is 33.9. The second-order valence-electron chi connectivity index (χ2n) is 11.7. The molecule has 5 rings (SSSR count). The van der Waals surface area contributed by atoms with E-state index in [4.69, 9.17) is 0 Å². The summed E-state index contributed by atoms with van der Waals surface area (Å²) < 4.78 is 58.2. The van der Waals surface area contributed by atoms with Crippen LogP contribution in [0.5, 0.6) is 5.75 Å². The molecular formula is C34H36F4N6O2S. The van der Waals surface area contributed by atoms with Gasteiger partial charge in [0.05, 0.1) is 11.7 Å². The molecule has 4 aromatic rings. The maximum atomic E-state index is 15.6. The number of aliphatic imine (C=N–C) groups is 1. The third-order valence-electron chi connectivity index (χ3n) is 7.85. The SMILES string of the molecule is Cc1cccc(N2C(=NC(=O)NC(C)C(F)c3ccc(-c4ncn(-c5ccc(OC(F)(F)F)cc5)n4)cc3)SCCC2C)c1C(C)C. The number of nitrogens with zero attached hydrogens (tertiary/aromatic N) is 5. The van der Waals surface area contributed by atoms with Crippen LogP contribution >= 0.6 is 11.8 Å². The van der Waals surface area contributed by atoms with Crippen molar-refractivity contribution in [2.45, 2.75) is 71.6 Å². The Morgan fingerprint density at radius 3 is 2.43 bits per heavy atom. The lowest BCUT2D eigenvalue weighted by atomic mass is 9.95. The van der Waals surface area contributed by atoms with E-state index in [-0.39, 0.29) is 17.7 Å². The molecule has 47 heavy (non-hydrogen) atoms. The normalized spacial score (nSPS) is 17.5. The number of carbonyl (C=O) groups is 1. The van der Waals surface area contributed by atoms with Crippen LogP contribution in [0.15, 0.2) is 78.0 Å². The Bertz CT molecular complexity index is 1720. The first-order valence-corrected chi connectivity index (χ1v) is 16.2. The molecular weight excluding hydrogens is 632 g/mol. The summed E-state index contributed by atoms with van der Waals surface area (Å²) in [7, 11) is 0. The van der Waals surface area contributed by atoms with Gasteiger partial charge in [-0.05, 0) is 80.1 Å². The molecule has 1 N–H and O–H groups in total. The van der Waals surface area contributed by atoms with Crippen molar-refractivity contribution >= 4 is 28.6 Å². The number of rotatable bonds is 8. The molecule has 0 saturated carbocycles. The Balaban J connectivity index is 1.25. The van der Waals surface area contributed by atoms with Gasteiger partial charge in [-0.3, -0.25) is 0 Å². The zero-order valence-electron chi connectivity index (χ0n) is 26.6. The number of carbonyl (C=O) groups excluding carboxylic acids is 1. The molecule has 0 radical (unpaired) electrons. The van der Waals surface area contributed by atoms with Crippen molar-refractivity contribution in [2.24, 2.45) is 4.99 Å². The fourth-order valence-corrected chi connectivity index (χ4v) is 6.78. The van der Waals surface area contributed by atoms with Crippen LogP contribution < -0.4 is 15.0 Å². The number of aromatic nitrogens is 3. The van der Waals surface area contributed by atoms with Gasteiger partial charge in [-0.2, -0.15) is 4.99 Å². The molecule has 1 aliphatic rings. The average molecular weight is 669 g/mol. The Kier molecular flexibility index (Phi) is 10.2. The monoisotopic (exact) mass is 668 g/mol. The number of ether oxygens (including phenoxy) is 1. The summed E-state index contributed by atoms with van der Waals surface area (Å²) in [5, 5.41) is 7.68. The average Bonchev–Trinajstić information content (AvgIpc) is 3.50. The molecule has 3 atom stereocenters. The van der Waals surface area contributed by atoms with Crippen molar-refractivity contribution in [3.05, 3.63) is 89.7 Å². The van der Waals surface area contributed by atoms with Crippen LogP contribution in [-0.4, -0.2) is 50.2 Å². The Hall–Kier alpha value is -4.39. The van der Waals surface area contributed by atoms with Gasteiger partial charge >= 0.3 is 12.4 Å². The number of alkyl halides is 4. The van der Waals surface area contributed by atoms with Gasteiger partial charge in [0, 0.05) is 23.0 Å². The molecule has 248 valence electrons. The van der Waals surface area contributed by atoms with E-state index < -0.39 is 24.6 Å². The van der Waals surface area contributed by atoms with Crippen molar-refractivity contribution in [3.8, 4) is 22.8 Å². The van der Waals surface area contributed by atoms with Gasteiger partial charge in [-0.15, -0.1) is 18.3 Å². The van der Waals surface area contributed by atoms with E-state index in [0.717, 1.165) is 17.9 Å². The summed E-state index contributed by atoms with van der Waals surface area (Å²) in [5.41, 5.74) is 4.89. The van der Waals surface area contributed by atoms with Crippen LogP contribution in [0.1, 0.15) is 62.9 Å². The van der Waals surface area contributed by atoms with E-state index in [2.05, 4.69) is 69.9 Å². The molecule has 1 aliphatic heterocycles. The number of urea groups is 1. The van der Waals surface area contributed by atoms with Crippen LogP contribution in [-0.2, 0) is 0 Å². The van der Waals surface area contributed by atoms with Crippen molar-refractivity contribution in [3.63, 3.8) is 0 Å². The first-order chi connectivity index (χ1) is 22.3. The zero-order valence-corrected chi connectivity index (χ0v) is 27.4. The minimum atomic E-state index is -4.78. The van der Waals surface area contributed by atoms with Gasteiger partial charge in [0.2, 0.25) is 0 Å². The number of aryl methyl sites for hydroxylation is 1. The van der Waals surface area contributed by atoms with Gasteiger partial charge in [-0.1, -0.05) is 62.0 Å². The molecule has 2 heterocycles. The number of hydrogen-bond donors (Lipinski definition) is 1. The standard InChI is InChI=1S/C34H36F4N6O2S/c1-20(2)29-21(3)7-6-8-28(29)44-22(4)17-18-47-33(44)41-32(45)40-23(5)30(35)24-9-11-25(12-10-24)31-39-19-43(42-31)26-13-15-27(16-14-26)46-34(36,37)38/h6-16,19-20,22-23,30H,17-18H2,1-5H3,(H,40,45). The van der Waals surface area contributed by atoms with E-state index in [1.54, 1.807) is 31.2 Å². The highest BCUT2D eigenvalue weighted by Gasteiger charge is 2.31. The maximum Gasteiger partial charge on any atom is 0.573 e. The quantitative estimate of drug-likeness (QED) is 0.189. The van der Waals surface area contributed by atoms with E-state index in [1.165, 1.54) is 58.2 Å². The number of thioether (sulfide) groups is 1. The lowest BCUT2D eigenvalue weighted by Gasteiger charge is -2.37. The van der Waals surface area contributed by atoms with Gasteiger partial charge in [0.15, 0.2) is 11.0 Å². The van der Waals surface area contributed by atoms with Gasteiger partial charge in [0.25, 0.3) is 0 Å². The number of hydrogen-bond acceptors (Lipinski definition) is 5. The first-order valence-electron chi connectivity index (χ1n) is 15.2. The van der Waals surface area contributed by atoms with Crippen molar-refractivity contribution in [1.82, 2.24) is 20.1 Å². The number of anilines is 1. The second-order valence-corrected chi connectivity index (χ2v) is 12.8. The summed E-state index contributed by atoms with van der Waals surface area (Å²) in [5.74, 6) is 1.12. The number of amides is 2. The summed E-state index contributed by atoms with van der Waals surface area (Å²) in [6, 6.07) is 16.6. The predicted molar refractivity (Wildman–Crippen MR) is 177 cm³/mol. The minimum Gasteiger partial charge on any atom is -0.406 e. The number of halogens is 4. The second kappa shape index (κ2) is 14.2. The number of amidine groups is 1. The fraction of sp³-hybridized carbons (Fsp3) is 0.353. The molecule has 1 saturated heterocycles. The molecule has 8 nitrogen and oxygen atoms in total. The van der Waals surface area contributed by atoms with Crippen LogP contribution in [0.2, 0.25) is 0 Å². The molecule has 0 aliphatic carbocycles. The van der Waals surface area contributed by atoms with Crippen molar-refractivity contribution in [1.29, 1.82) is 0 Å². The van der Waals surface area contributed by atoms with Crippen LogP contribution in [0.3, 0.4) is 0 Å². The Morgan fingerprint density at radius 1 is 1.06 bits per heavy atom. The maximum absolute atomic E-state index is 15.6. The molecule has 0 spiro atoms. The van der Waals surface area contributed by atoms with E-state index >= 15 is 4.39 Å². The molecule has 2 amide bonds. The topological polar surface area (TPSA) is 84.6 Å². The number of nitrogens with one attached hydrogen (secondary N) is 1. The highest BCUT2D eigenvalue weighted by Crippen LogP contribution is 2.36. The van der Waals surface area contributed by atoms with Gasteiger partial charge in [0.1, 0.15) is 18.2 Å². The highest BCUT2D eigenvalue weighted by atomic mass is 32.2. The smallest absolute Gasteiger partial charge is 0.406 e. The first kappa shape index (κ1) is 34.0. The summed E-state index contributed by atoms with van der Waals surface area (Å²) >= 11 is 1.52. The molecule has 3 aromatic carbocycles. The largest absolute Gasteiger partial charge is 0.573 e. The van der Waals surface area contributed by atoms with Crippen LogP contribution in [0.4, 0.5) is 28.0 Å². The molecule has 3 unspecified atom stereocenters. The number of benzene rings is 3. The molecule has 0 bridgehead atoms. The fourth-order valence-electron chi connectivity index (χ4n) is 5.57. The lowest BCUT2D eigenvalue weighted by Crippen LogP contribution is -2.43. The van der Waals surface area contributed by atoms with Crippen molar-refractivity contribution < 1.29 is 27.1 Å². The van der Waals surface area contributed by atoms with Crippen molar-refractivity contribution in [2.75, 3.05) is 10.7 Å². The van der Waals surface area contributed by atoms with Crippen LogP contribution in [0.25, 0.3) is 17.1 Å². The van der Waals surface area contributed by atoms with Crippen LogP contribution in [0, 0.1) is 6.92 Å². The highest BCUT2D eigenvalue weighted by molar-refractivity contribution is 8.14. The summed E-state index contributed by atoms with van der Waals surface area (Å²) in [6.45, 7) is 10.1. The minimum absolute atomic E-state index is 0.145. The molecule has 13 heteroatoms. The third-order valence-corrected chi connectivity index (χ3v) is 8.84. The Morgan fingerprint density at radius 2 is 1.77 bits per heavy atom. The van der Waals surface area contributed by atoms with E-state index in [9.17, 15) is 18.0 Å². The van der Waals surface area contributed by atoms with E-state index in [0.29, 0.717) is 27.8 Å². The van der Waals surface area contributed by atoms with Gasteiger partial charge < -0.3 is 15.0 Å². The molecule has 1 aromatic heterocycles. The summed E-state index contributed by atoms with van der Waals surface area (Å²) in [6.07, 6.45) is -3.91. The van der Waals surface area contributed by atoms with E-state index in [1.807, 2.05) is 6.07 Å². The van der Waals surface area contributed by atoms with Gasteiger partial charge in [-0.25, -0.2) is 18.9 Å². The summed E-state index contributed by atoms with van der Waals surface area (Å²) in [4.78, 5) is 23.9. The third kappa shape index (κ3) is 8.13. The Labute approximate surface area is 275 Å².